The molecular weight excluding hydrogens is 267 g/mol. The zero-order valence-corrected chi connectivity index (χ0v) is 11.6. The molecule has 1 spiro atoms. The van der Waals surface area contributed by atoms with Crippen LogP contribution < -0.4 is 5.32 Å². The van der Waals surface area contributed by atoms with Gasteiger partial charge in [0.1, 0.15) is 5.69 Å². The molecule has 1 fully saturated rings. The Kier molecular flexibility index (Phi) is 3.33. The first-order valence-corrected chi connectivity index (χ1v) is 7.22. The molecule has 3 heterocycles. The van der Waals surface area contributed by atoms with Crippen molar-refractivity contribution in [2.24, 2.45) is 0 Å². The minimum atomic E-state index is -4.26. The van der Waals surface area contributed by atoms with Gasteiger partial charge in [-0.3, -0.25) is 4.90 Å². The maximum Gasteiger partial charge on any atom is 0.431 e. The normalized spacial score (nSPS) is 23.0. The Balaban J connectivity index is 2.08. The molecule has 0 bridgehead atoms. The van der Waals surface area contributed by atoms with Crippen LogP contribution in [0.2, 0.25) is 0 Å². The van der Waals surface area contributed by atoms with Gasteiger partial charge < -0.3 is 9.88 Å². The predicted molar refractivity (Wildman–Crippen MR) is 70.5 cm³/mol. The van der Waals surface area contributed by atoms with E-state index in [4.69, 9.17) is 0 Å². The monoisotopic (exact) mass is 287 g/mol. The number of nitrogens with zero attached hydrogens (tertiary/aromatic N) is 2. The number of hydrogen-bond donors (Lipinski definition) is 1. The van der Waals surface area contributed by atoms with Crippen LogP contribution in [-0.4, -0.2) is 35.6 Å². The molecule has 6 heteroatoms. The molecule has 0 unspecified atom stereocenters. The maximum atomic E-state index is 13.1. The smallest absolute Gasteiger partial charge is 0.338 e. The molecule has 0 amide bonds. The van der Waals surface area contributed by atoms with Crippen molar-refractivity contribution in [3.8, 4) is 0 Å². The molecule has 0 radical (unpaired) electrons. The van der Waals surface area contributed by atoms with Gasteiger partial charge in [-0.15, -0.1) is 0 Å². The van der Waals surface area contributed by atoms with Crippen molar-refractivity contribution in [3.05, 3.63) is 23.5 Å². The minimum absolute atomic E-state index is 0.220. The predicted octanol–water partition coefficient (Wildman–Crippen LogP) is 2.42. The number of rotatable bonds is 1. The molecule has 0 saturated carbocycles. The van der Waals surface area contributed by atoms with Crippen LogP contribution in [0.25, 0.3) is 0 Å². The number of halogens is 3. The maximum absolute atomic E-state index is 13.1. The van der Waals surface area contributed by atoms with Gasteiger partial charge in [0, 0.05) is 18.8 Å². The van der Waals surface area contributed by atoms with Gasteiger partial charge >= 0.3 is 6.18 Å². The zero-order chi connectivity index (χ0) is 14.4. The van der Waals surface area contributed by atoms with E-state index in [2.05, 4.69) is 17.1 Å². The molecule has 1 aromatic rings. The highest BCUT2D eigenvalue weighted by atomic mass is 19.4. The number of likely N-dealkylation sites (N-methyl/N-ethyl adjacent to an activating group) is 1. The van der Waals surface area contributed by atoms with Gasteiger partial charge in [-0.1, -0.05) is 6.92 Å². The zero-order valence-electron chi connectivity index (χ0n) is 11.6. The third kappa shape index (κ3) is 1.97. The van der Waals surface area contributed by atoms with Gasteiger partial charge in [0.25, 0.3) is 0 Å². The molecule has 2 aliphatic rings. The van der Waals surface area contributed by atoms with E-state index in [0.717, 1.165) is 38.2 Å². The number of hydrogen-bond acceptors (Lipinski definition) is 2. The van der Waals surface area contributed by atoms with Crippen LogP contribution in [0.5, 0.6) is 0 Å². The molecule has 1 N–H and O–H groups in total. The molecule has 3 nitrogen and oxygen atoms in total. The molecule has 112 valence electrons. The summed E-state index contributed by atoms with van der Waals surface area (Å²) in [5.74, 6) is 0. The number of fused-ring (bicyclic) bond motifs is 2. The molecule has 0 aliphatic carbocycles. The van der Waals surface area contributed by atoms with E-state index in [-0.39, 0.29) is 5.54 Å². The summed E-state index contributed by atoms with van der Waals surface area (Å²) in [6.07, 6.45) is -2.51. The second kappa shape index (κ2) is 4.77. The standard InChI is InChI=1S/C14H20F3N3/c1-2-19-9-10-20-11(3-4-12(20)14(15,16)17)13(19)5-7-18-8-6-13/h3-4,18H,2,5-10H2,1H3. The van der Waals surface area contributed by atoms with Crippen LogP contribution in [0.4, 0.5) is 13.2 Å². The Labute approximate surface area is 116 Å². The van der Waals surface area contributed by atoms with Crippen molar-refractivity contribution < 1.29 is 13.2 Å². The molecule has 1 aromatic heterocycles. The van der Waals surface area contributed by atoms with Crippen molar-refractivity contribution in [1.82, 2.24) is 14.8 Å². The second-order valence-corrected chi connectivity index (χ2v) is 5.61. The first kappa shape index (κ1) is 13.9. The lowest BCUT2D eigenvalue weighted by molar-refractivity contribution is -0.144. The lowest BCUT2D eigenvalue weighted by Gasteiger charge is -2.50. The van der Waals surface area contributed by atoms with Gasteiger partial charge in [-0.05, 0) is 44.6 Å². The summed E-state index contributed by atoms with van der Waals surface area (Å²) in [7, 11) is 0. The van der Waals surface area contributed by atoms with Gasteiger partial charge in [0.05, 0.1) is 5.54 Å². The SMILES string of the molecule is CCN1CCn2c(C(F)(F)F)ccc2C12CCNCC2. The number of nitrogens with one attached hydrogen (secondary N) is 1. The minimum Gasteiger partial charge on any atom is -0.338 e. The molecule has 0 aromatic carbocycles. The Morgan fingerprint density at radius 2 is 1.90 bits per heavy atom. The topological polar surface area (TPSA) is 20.2 Å². The van der Waals surface area contributed by atoms with Crippen LogP contribution in [0.3, 0.4) is 0 Å². The van der Waals surface area contributed by atoms with Gasteiger partial charge in [0.2, 0.25) is 0 Å². The molecule has 0 atom stereocenters. The number of alkyl halides is 3. The lowest BCUT2D eigenvalue weighted by atomic mass is 9.82. The molecule has 3 rings (SSSR count). The lowest BCUT2D eigenvalue weighted by Crippen LogP contribution is -2.56. The Hall–Kier alpha value is -1.01. The summed E-state index contributed by atoms with van der Waals surface area (Å²) in [4.78, 5) is 2.35. The Bertz CT molecular complexity index is 486. The average molecular weight is 287 g/mol. The van der Waals surface area contributed by atoms with Crippen molar-refractivity contribution in [1.29, 1.82) is 0 Å². The van der Waals surface area contributed by atoms with Crippen LogP contribution in [0, 0.1) is 0 Å². The Morgan fingerprint density at radius 3 is 2.50 bits per heavy atom. The summed E-state index contributed by atoms with van der Waals surface area (Å²) in [5.41, 5.74) is 0.127. The van der Waals surface area contributed by atoms with Crippen LogP contribution >= 0.6 is 0 Å². The largest absolute Gasteiger partial charge is 0.431 e. The van der Waals surface area contributed by atoms with Gasteiger partial charge in [-0.2, -0.15) is 13.2 Å². The van der Waals surface area contributed by atoms with E-state index in [1.54, 1.807) is 6.07 Å². The fourth-order valence-electron chi connectivity index (χ4n) is 3.83. The summed E-state index contributed by atoms with van der Waals surface area (Å²) < 4.78 is 40.8. The summed E-state index contributed by atoms with van der Waals surface area (Å²) in [6, 6.07) is 2.94. The average Bonchev–Trinajstić information content (AvgIpc) is 2.85. The molecular formula is C14H20F3N3. The summed E-state index contributed by atoms with van der Waals surface area (Å²) in [5, 5.41) is 3.31. The number of piperidine rings is 1. The number of aromatic nitrogens is 1. The van der Waals surface area contributed by atoms with E-state index in [1.165, 1.54) is 10.6 Å². The fraction of sp³-hybridized carbons (Fsp3) is 0.714. The van der Waals surface area contributed by atoms with E-state index in [0.29, 0.717) is 13.1 Å². The molecule has 2 aliphatic heterocycles. The fourth-order valence-corrected chi connectivity index (χ4v) is 3.83. The quantitative estimate of drug-likeness (QED) is 0.856. The Morgan fingerprint density at radius 1 is 1.20 bits per heavy atom. The highest BCUT2D eigenvalue weighted by molar-refractivity contribution is 5.28. The van der Waals surface area contributed by atoms with Crippen molar-refractivity contribution in [2.45, 2.75) is 38.0 Å². The summed E-state index contributed by atoms with van der Waals surface area (Å²) in [6.45, 7) is 5.83. The van der Waals surface area contributed by atoms with Crippen molar-refractivity contribution >= 4 is 0 Å². The van der Waals surface area contributed by atoms with Crippen LogP contribution in [0.15, 0.2) is 12.1 Å². The third-order valence-corrected chi connectivity index (χ3v) is 4.76. The van der Waals surface area contributed by atoms with Crippen LogP contribution in [0.1, 0.15) is 31.2 Å². The van der Waals surface area contributed by atoms with E-state index < -0.39 is 11.9 Å². The van der Waals surface area contributed by atoms with Crippen molar-refractivity contribution in [2.75, 3.05) is 26.2 Å². The van der Waals surface area contributed by atoms with E-state index >= 15 is 0 Å². The first-order valence-electron chi connectivity index (χ1n) is 7.22. The van der Waals surface area contributed by atoms with Gasteiger partial charge in [-0.25, -0.2) is 0 Å². The first-order chi connectivity index (χ1) is 9.49. The van der Waals surface area contributed by atoms with E-state index in [9.17, 15) is 13.2 Å². The van der Waals surface area contributed by atoms with Crippen molar-refractivity contribution in [3.63, 3.8) is 0 Å². The highest BCUT2D eigenvalue weighted by Crippen LogP contribution is 2.43. The van der Waals surface area contributed by atoms with E-state index in [1.807, 2.05) is 0 Å². The summed E-state index contributed by atoms with van der Waals surface area (Å²) >= 11 is 0. The second-order valence-electron chi connectivity index (χ2n) is 5.61. The molecule has 20 heavy (non-hydrogen) atoms. The highest BCUT2D eigenvalue weighted by Gasteiger charge is 2.46. The third-order valence-electron chi connectivity index (χ3n) is 4.76. The van der Waals surface area contributed by atoms with Gasteiger partial charge in [0.15, 0.2) is 0 Å². The molecule has 1 saturated heterocycles. The van der Waals surface area contributed by atoms with Crippen LogP contribution in [-0.2, 0) is 18.3 Å².